The highest BCUT2D eigenvalue weighted by molar-refractivity contribution is 9.10. The van der Waals surface area contributed by atoms with Crippen LogP contribution in [0.25, 0.3) is 5.65 Å². The standard InChI is InChI=1S/C12H13BrN2O2S/c1-8(12(16)17-2)18-7-10-6-15-5-9(13)3-4-11(15)14-10/h3-6,8H,7H2,1-2H3. The summed E-state index contributed by atoms with van der Waals surface area (Å²) in [5.41, 5.74) is 1.85. The van der Waals surface area contributed by atoms with Crippen molar-refractivity contribution in [1.29, 1.82) is 0 Å². The lowest BCUT2D eigenvalue weighted by molar-refractivity contribution is -0.139. The van der Waals surface area contributed by atoms with E-state index in [0.717, 1.165) is 15.8 Å². The van der Waals surface area contributed by atoms with Crippen LogP contribution < -0.4 is 0 Å². The molecule has 0 aliphatic rings. The summed E-state index contributed by atoms with van der Waals surface area (Å²) in [6.07, 6.45) is 3.93. The van der Waals surface area contributed by atoms with Crippen molar-refractivity contribution in [1.82, 2.24) is 9.38 Å². The second-order valence-electron chi connectivity index (χ2n) is 3.82. The molecule has 0 radical (unpaired) electrons. The molecule has 96 valence electrons. The number of thioether (sulfide) groups is 1. The average Bonchev–Trinajstić information content (AvgIpc) is 2.76. The summed E-state index contributed by atoms with van der Waals surface area (Å²) >= 11 is 4.94. The molecule has 0 aliphatic heterocycles. The van der Waals surface area contributed by atoms with Crippen molar-refractivity contribution < 1.29 is 9.53 Å². The van der Waals surface area contributed by atoms with Crippen molar-refractivity contribution in [3.8, 4) is 0 Å². The first kappa shape index (κ1) is 13.4. The Kier molecular flexibility index (Phi) is 4.29. The van der Waals surface area contributed by atoms with Crippen LogP contribution in [-0.4, -0.2) is 27.7 Å². The molecule has 2 aromatic heterocycles. The molecule has 0 aromatic carbocycles. The van der Waals surface area contributed by atoms with Gasteiger partial charge in [0.15, 0.2) is 0 Å². The number of fused-ring (bicyclic) bond motifs is 1. The summed E-state index contributed by atoms with van der Waals surface area (Å²) < 4.78 is 7.65. The van der Waals surface area contributed by atoms with Crippen LogP contribution in [0.15, 0.2) is 29.0 Å². The van der Waals surface area contributed by atoms with Crippen molar-refractivity contribution in [2.24, 2.45) is 0 Å². The van der Waals surface area contributed by atoms with Gasteiger partial charge < -0.3 is 9.14 Å². The van der Waals surface area contributed by atoms with Crippen LogP contribution >= 0.6 is 27.7 Å². The van der Waals surface area contributed by atoms with E-state index in [2.05, 4.69) is 25.7 Å². The van der Waals surface area contributed by atoms with Crippen LogP contribution in [0.4, 0.5) is 0 Å². The van der Waals surface area contributed by atoms with Crippen molar-refractivity contribution in [3.63, 3.8) is 0 Å². The van der Waals surface area contributed by atoms with Gasteiger partial charge in [0.2, 0.25) is 0 Å². The molecule has 0 spiro atoms. The summed E-state index contributed by atoms with van der Waals surface area (Å²) in [7, 11) is 1.40. The molecule has 0 saturated carbocycles. The Balaban J connectivity index is 2.06. The van der Waals surface area contributed by atoms with Crippen molar-refractivity contribution in [2.75, 3.05) is 7.11 Å². The van der Waals surface area contributed by atoms with Gasteiger partial charge in [-0.15, -0.1) is 11.8 Å². The Morgan fingerprint density at radius 3 is 3.06 bits per heavy atom. The number of halogens is 1. The maximum Gasteiger partial charge on any atom is 0.318 e. The van der Waals surface area contributed by atoms with Gasteiger partial charge in [-0.2, -0.15) is 0 Å². The van der Waals surface area contributed by atoms with Gasteiger partial charge in [0.05, 0.1) is 18.1 Å². The normalized spacial score (nSPS) is 12.6. The zero-order valence-corrected chi connectivity index (χ0v) is 12.5. The Labute approximate surface area is 118 Å². The molecular formula is C12H13BrN2O2S. The summed E-state index contributed by atoms with van der Waals surface area (Å²) in [4.78, 5) is 15.8. The van der Waals surface area contributed by atoms with E-state index in [1.165, 1.54) is 18.9 Å². The molecule has 0 fully saturated rings. The average molecular weight is 329 g/mol. The molecule has 0 aliphatic carbocycles. The van der Waals surface area contributed by atoms with E-state index < -0.39 is 0 Å². The highest BCUT2D eigenvalue weighted by Gasteiger charge is 2.14. The third-order valence-electron chi connectivity index (χ3n) is 2.48. The summed E-state index contributed by atoms with van der Waals surface area (Å²) in [6, 6.07) is 3.90. The molecular weight excluding hydrogens is 316 g/mol. The first-order valence-electron chi connectivity index (χ1n) is 5.42. The van der Waals surface area contributed by atoms with Crippen molar-refractivity contribution in [3.05, 3.63) is 34.7 Å². The number of methoxy groups -OCH3 is 1. The van der Waals surface area contributed by atoms with E-state index in [-0.39, 0.29) is 11.2 Å². The van der Waals surface area contributed by atoms with Gasteiger partial charge in [0.1, 0.15) is 5.65 Å². The molecule has 2 aromatic rings. The predicted molar refractivity (Wildman–Crippen MR) is 75.7 cm³/mol. The van der Waals surface area contributed by atoms with Crippen molar-refractivity contribution >= 4 is 39.3 Å². The SMILES string of the molecule is COC(=O)C(C)SCc1cn2cc(Br)ccc2n1. The van der Waals surface area contributed by atoms with E-state index in [1.807, 2.05) is 35.9 Å². The Bertz CT molecular complexity index is 570. The lowest BCUT2D eigenvalue weighted by Gasteiger charge is -2.06. The monoisotopic (exact) mass is 328 g/mol. The number of ether oxygens (including phenoxy) is 1. The van der Waals surface area contributed by atoms with E-state index >= 15 is 0 Å². The van der Waals surface area contributed by atoms with Gasteiger partial charge in [-0.1, -0.05) is 0 Å². The van der Waals surface area contributed by atoms with Crippen LogP contribution in [0.2, 0.25) is 0 Å². The number of imidazole rings is 1. The van der Waals surface area contributed by atoms with Gasteiger partial charge in [-0.3, -0.25) is 4.79 Å². The van der Waals surface area contributed by atoms with Crippen LogP contribution in [0, 0.1) is 0 Å². The minimum Gasteiger partial charge on any atom is -0.468 e. The lowest BCUT2D eigenvalue weighted by atomic mass is 10.5. The van der Waals surface area contributed by atoms with Gasteiger partial charge in [0, 0.05) is 22.6 Å². The summed E-state index contributed by atoms with van der Waals surface area (Å²) in [5.74, 6) is 0.488. The third-order valence-corrected chi connectivity index (χ3v) is 4.10. The molecule has 1 unspecified atom stereocenters. The molecule has 0 N–H and O–H groups in total. The predicted octanol–water partition coefficient (Wildman–Crippen LogP) is 2.89. The van der Waals surface area contributed by atoms with Crippen LogP contribution in [0.1, 0.15) is 12.6 Å². The first-order chi connectivity index (χ1) is 8.60. The molecule has 0 amide bonds. The molecule has 1 atom stereocenters. The molecule has 0 saturated heterocycles. The second kappa shape index (κ2) is 5.75. The van der Waals surface area contributed by atoms with Gasteiger partial charge in [-0.05, 0) is 35.0 Å². The third kappa shape index (κ3) is 3.05. The summed E-state index contributed by atoms with van der Waals surface area (Å²) in [6.45, 7) is 1.84. The quantitative estimate of drug-likeness (QED) is 0.809. The van der Waals surface area contributed by atoms with E-state index in [4.69, 9.17) is 0 Å². The van der Waals surface area contributed by atoms with E-state index in [0.29, 0.717) is 5.75 Å². The van der Waals surface area contributed by atoms with Gasteiger partial charge in [0.25, 0.3) is 0 Å². The fourth-order valence-electron chi connectivity index (χ4n) is 1.53. The minimum atomic E-state index is -0.202. The fraction of sp³-hybridized carbons (Fsp3) is 0.333. The lowest BCUT2D eigenvalue weighted by Crippen LogP contribution is -2.14. The van der Waals surface area contributed by atoms with Gasteiger partial charge in [-0.25, -0.2) is 4.98 Å². The largest absolute Gasteiger partial charge is 0.468 e. The summed E-state index contributed by atoms with van der Waals surface area (Å²) in [5, 5.41) is -0.174. The fourth-order valence-corrected chi connectivity index (χ4v) is 2.68. The highest BCUT2D eigenvalue weighted by atomic mass is 79.9. The van der Waals surface area contributed by atoms with Crippen LogP contribution in [0.3, 0.4) is 0 Å². The number of nitrogens with zero attached hydrogens (tertiary/aromatic N) is 2. The minimum absolute atomic E-state index is 0.174. The molecule has 18 heavy (non-hydrogen) atoms. The Hall–Kier alpha value is -1.01. The zero-order chi connectivity index (χ0) is 13.1. The number of hydrogen-bond donors (Lipinski definition) is 0. The topological polar surface area (TPSA) is 43.6 Å². The molecule has 2 rings (SSSR count). The molecule has 2 heterocycles. The number of carbonyl (C=O) groups is 1. The van der Waals surface area contributed by atoms with Crippen molar-refractivity contribution in [2.45, 2.75) is 17.9 Å². The van der Waals surface area contributed by atoms with Crippen LogP contribution in [0.5, 0.6) is 0 Å². The second-order valence-corrected chi connectivity index (χ2v) is 6.07. The zero-order valence-electron chi connectivity index (χ0n) is 10.1. The Morgan fingerprint density at radius 2 is 2.33 bits per heavy atom. The number of hydrogen-bond acceptors (Lipinski definition) is 4. The molecule has 6 heteroatoms. The number of pyridine rings is 1. The van der Waals surface area contributed by atoms with Gasteiger partial charge >= 0.3 is 5.97 Å². The van der Waals surface area contributed by atoms with Crippen LogP contribution in [-0.2, 0) is 15.3 Å². The maximum atomic E-state index is 11.3. The van der Waals surface area contributed by atoms with E-state index in [1.54, 1.807) is 0 Å². The number of carbonyl (C=O) groups excluding carboxylic acids is 1. The molecule has 0 bridgehead atoms. The number of aromatic nitrogens is 2. The highest BCUT2D eigenvalue weighted by Crippen LogP contribution is 2.19. The number of esters is 1. The number of rotatable bonds is 4. The van der Waals surface area contributed by atoms with E-state index in [9.17, 15) is 4.79 Å². The molecule has 4 nitrogen and oxygen atoms in total. The maximum absolute atomic E-state index is 11.3. The first-order valence-corrected chi connectivity index (χ1v) is 7.27. The Morgan fingerprint density at radius 1 is 1.56 bits per heavy atom. The smallest absolute Gasteiger partial charge is 0.318 e.